The first-order valence-electron chi connectivity index (χ1n) is 7.25. The number of amides is 1. The molecular formula is C16H23FN2O. The Morgan fingerprint density at radius 3 is 2.55 bits per heavy atom. The highest BCUT2D eigenvalue weighted by molar-refractivity contribution is 5.79. The molecule has 0 aliphatic carbocycles. The number of nitrogens with zero attached hydrogens (tertiary/aromatic N) is 1. The van der Waals surface area contributed by atoms with Crippen molar-refractivity contribution in [3.05, 3.63) is 35.6 Å². The van der Waals surface area contributed by atoms with Crippen LogP contribution in [0.4, 0.5) is 4.39 Å². The third-order valence-corrected chi connectivity index (χ3v) is 3.77. The van der Waals surface area contributed by atoms with E-state index in [1.807, 2.05) is 17.9 Å². The van der Waals surface area contributed by atoms with Gasteiger partial charge in [0.1, 0.15) is 5.82 Å². The predicted molar refractivity (Wildman–Crippen MR) is 77.9 cm³/mol. The lowest BCUT2D eigenvalue weighted by Crippen LogP contribution is -2.56. The zero-order valence-corrected chi connectivity index (χ0v) is 12.4. The van der Waals surface area contributed by atoms with Crippen LogP contribution in [0.25, 0.3) is 0 Å². The van der Waals surface area contributed by atoms with Gasteiger partial charge in [-0.2, -0.15) is 0 Å². The molecule has 110 valence electrons. The monoisotopic (exact) mass is 278 g/mol. The molecule has 1 aromatic rings. The van der Waals surface area contributed by atoms with E-state index in [4.69, 9.17) is 0 Å². The number of hydrogen-bond donors (Lipinski definition) is 1. The molecular weight excluding hydrogens is 255 g/mol. The Bertz CT molecular complexity index is 467. The number of hydrogen-bond acceptors (Lipinski definition) is 2. The maximum atomic E-state index is 13.6. The number of halogens is 1. The highest BCUT2D eigenvalue weighted by Crippen LogP contribution is 2.16. The van der Waals surface area contributed by atoms with Gasteiger partial charge in [0.25, 0.3) is 0 Å². The van der Waals surface area contributed by atoms with E-state index in [0.717, 1.165) is 13.1 Å². The lowest BCUT2D eigenvalue weighted by Gasteiger charge is -2.37. The van der Waals surface area contributed by atoms with Gasteiger partial charge in [0.05, 0.1) is 0 Å². The summed E-state index contributed by atoms with van der Waals surface area (Å²) in [4.78, 5) is 14.4. The summed E-state index contributed by atoms with van der Waals surface area (Å²) in [6, 6.07) is 7.30. The molecule has 1 aromatic carbocycles. The van der Waals surface area contributed by atoms with Crippen LogP contribution in [0.2, 0.25) is 0 Å². The number of nitrogens with one attached hydrogen (secondary N) is 1. The van der Waals surface area contributed by atoms with E-state index in [1.165, 1.54) is 6.07 Å². The number of piperazine rings is 1. The summed E-state index contributed by atoms with van der Waals surface area (Å²) in [7, 11) is 0. The van der Waals surface area contributed by atoms with Gasteiger partial charge in [-0.3, -0.25) is 4.79 Å². The van der Waals surface area contributed by atoms with E-state index in [2.05, 4.69) is 19.2 Å². The van der Waals surface area contributed by atoms with E-state index in [-0.39, 0.29) is 17.6 Å². The molecule has 1 saturated heterocycles. The summed E-state index contributed by atoms with van der Waals surface area (Å²) in [6.07, 6.45) is 0.457. The van der Waals surface area contributed by atoms with Gasteiger partial charge in [-0.15, -0.1) is 0 Å². The van der Waals surface area contributed by atoms with Crippen molar-refractivity contribution >= 4 is 5.91 Å². The van der Waals surface area contributed by atoms with Crippen molar-refractivity contribution < 1.29 is 9.18 Å². The molecule has 1 aliphatic heterocycles. The third kappa shape index (κ3) is 3.57. The highest BCUT2D eigenvalue weighted by atomic mass is 19.1. The van der Waals surface area contributed by atoms with E-state index in [1.54, 1.807) is 12.1 Å². The Kier molecular flexibility index (Phi) is 4.76. The van der Waals surface area contributed by atoms with Crippen molar-refractivity contribution in [1.29, 1.82) is 0 Å². The third-order valence-electron chi connectivity index (χ3n) is 3.77. The largest absolute Gasteiger partial charge is 0.339 e. The number of carbonyl (C=O) groups excluding carboxylic acids is 1. The smallest absolute Gasteiger partial charge is 0.225 e. The molecule has 3 nitrogen and oxygen atoms in total. The van der Waals surface area contributed by atoms with E-state index >= 15 is 0 Å². The van der Waals surface area contributed by atoms with Gasteiger partial charge in [-0.05, 0) is 31.9 Å². The summed E-state index contributed by atoms with van der Waals surface area (Å²) in [5.74, 6) is -0.299. The Hall–Kier alpha value is -1.42. The minimum absolute atomic E-state index is 0.119. The van der Waals surface area contributed by atoms with Crippen molar-refractivity contribution in [1.82, 2.24) is 10.2 Å². The summed E-state index contributed by atoms with van der Waals surface area (Å²) >= 11 is 0. The molecule has 0 aromatic heterocycles. The van der Waals surface area contributed by atoms with Gasteiger partial charge < -0.3 is 10.2 Å². The Morgan fingerprint density at radius 1 is 1.35 bits per heavy atom. The van der Waals surface area contributed by atoms with Crippen molar-refractivity contribution in [3.63, 3.8) is 0 Å². The van der Waals surface area contributed by atoms with Crippen LogP contribution in [0.1, 0.15) is 26.3 Å². The van der Waals surface area contributed by atoms with Crippen LogP contribution < -0.4 is 5.32 Å². The first kappa shape index (κ1) is 15.0. The maximum absolute atomic E-state index is 13.6. The quantitative estimate of drug-likeness (QED) is 0.919. The Balaban J connectivity index is 2.00. The molecule has 4 heteroatoms. The van der Waals surface area contributed by atoms with Crippen LogP contribution in [0.5, 0.6) is 0 Å². The maximum Gasteiger partial charge on any atom is 0.225 e. The van der Waals surface area contributed by atoms with Crippen molar-refractivity contribution in [2.75, 3.05) is 13.1 Å². The van der Waals surface area contributed by atoms with Crippen LogP contribution >= 0.6 is 0 Å². The van der Waals surface area contributed by atoms with Crippen molar-refractivity contribution in [2.45, 2.75) is 39.3 Å². The van der Waals surface area contributed by atoms with Gasteiger partial charge in [0, 0.05) is 31.1 Å². The Labute approximate surface area is 120 Å². The molecule has 1 aliphatic rings. The first-order valence-corrected chi connectivity index (χ1v) is 7.25. The fraction of sp³-hybridized carbons (Fsp3) is 0.562. The predicted octanol–water partition coefficient (Wildman–Crippen LogP) is 2.21. The molecule has 2 rings (SSSR count). The highest BCUT2D eigenvalue weighted by Gasteiger charge is 2.28. The minimum Gasteiger partial charge on any atom is -0.339 e. The molecule has 1 N–H and O–H groups in total. The minimum atomic E-state index is -0.228. The van der Waals surface area contributed by atoms with Crippen LogP contribution in [0.3, 0.4) is 0 Å². The van der Waals surface area contributed by atoms with Gasteiger partial charge in [0.2, 0.25) is 5.91 Å². The van der Waals surface area contributed by atoms with E-state index < -0.39 is 0 Å². The zero-order chi connectivity index (χ0) is 14.7. The molecule has 1 heterocycles. The SMILES string of the molecule is CC1CN(C(=O)C(C)Cc2ccccc2F)CC(C)N1. The van der Waals surface area contributed by atoms with Gasteiger partial charge >= 0.3 is 0 Å². The van der Waals surface area contributed by atoms with E-state index in [0.29, 0.717) is 24.1 Å². The number of benzene rings is 1. The fourth-order valence-electron chi connectivity index (χ4n) is 2.90. The van der Waals surface area contributed by atoms with Gasteiger partial charge in [0.15, 0.2) is 0 Å². The van der Waals surface area contributed by atoms with Crippen molar-refractivity contribution in [2.24, 2.45) is 5.92 Å². The first-order chi connectivity index (χ1) is 9.47. The zero-order valence-electron chi connectivity index (χ0n) is 12.4. The normalized spacial score (nSPS) is 24.5. The molecule has 0 spiro atoms. The fourth-order valence-corrected chi connectivity index (χ4v) is 2.90. The molecule has 0 saturated carbocycles. The van der Waals surface area contributed by atoms with Crippen LogP contribution in [-0.2, 0) is 11.2 Å². The van der Waals surface area contributed by atoms with Gasteiger partial charge in [-0.25, -0.2) is 4.39 Å². The molecule has 3 atom stereocenters. The van der Waals surface area contributed by atoms with E-state index in [9.17, 15) is 9.18 Å². The van der Waals surface area contributed by atoms with Gasteiger partial charge in [-0.1, -0.05) is 25.1 Å². The average molecular weight is 278 g/mol. The lowest BCUT2D eigenvalue weighted by molar-refractivity contribution is -0.136. The summed E-state index contributed by atoms with van der Waals surface area (Å²) < 4.78 is 13.6. The molecule has 3 unspecified atom stereocenters. The average Bonchev–Trinajstić information content (AvgIpc) is 2.39. The number of rotatable bonds is 3. The number of carbonyl (C=O) groups is 1. The lowest BCUT2D eigenvalue weighted by atomic mass is 9.98. The topological polar surface area (TPSA) is 32.3 Å². The van der Waals surface area contributed by atoms with Crippen molar-refractivity contribution in [3.8, 4) is 0 Å². The van der Waals surface area contributed by atoms with Crippen LogP contribution in [0, 0.1) is 11.7 Å². The Morgan fingerprint density at radius 2 is 1.95 bits per heavy atom. The summed E-state index contributed by atoms with van der Waals surface area (Å²) in [5.41, 5.74) is 0.615. The second-order valence-corrected chi connectivity index (χ2v) is 5.91. The molecule has 0 radical (unpaired) electrons. The molecule has 20 heavy (non-hydrogen) atoms. The van der Waals surface area contributed by atoms with Crippen LogP contribution in [-0.4, -0.2) is 36.0 Å². The second-order valence-electron chi connectivity index (χ2n) is 5.91. The molecule has 0 bridgehead atoms. The molecule has 1 amide bonds. The van der Waals surface area contributed by atoms with Crippen LogP contribution in [0.15, 0.2) is 24.3 Å². The molecule has 1 fully saturated rings. The second kappa shape index (κ2) is 6.35. The summed E-state index contributed by atoms with van der Waals surface area (Å²) in [5, 5.41) is 3.41. The standard InChI is InChI=1S/C16H23FN2O/c1-11(8-14-6-4-5-7-15(14)17)16(20)19-9-12(2)18-13(3)10-19/h4-7,11-13,18H,8-10H2,1-3H3. The summed E-state index contributed by atoms with van der Waals surface area (Å²) in [6.45, 7) is 7.50.